The number of nitrogens with zero attached hydrogens (tertiary/aromatic N) is 3. The summed E-state index contributed by atoms with van der Waals surface area (Å²) < 4.78 is 0. The number of benzene rings is 1. The smallest absolute Gasteiger partial charge is 0.244 e. The summed E-state index contributed by atoms with van der Waals surface area (Å²) in [5.41, 5.74) is 1.20. The zero-order valence-corrected chi connectivity index (χ0v) is 16.3. The van der Waals surface area contributed by atoms with E-state index in [4.69, 9.17) is 0 Å². The Hall–Kier alpha value is -2.99. The summed E-state index contributed by atoms with van der Waals surface area (Å²) in [6, 6.07) is 16.3. The summed E-state index contributed by atoms with van der Waals surface area (Å²) in [6.07, 6.45) is 8.99. The predicted molar refractivity (Wildman–Crippen MR) is 114 cm³/mol. The fraction of sp³-hybridized carbons (Fsp3) is 0.227. The van der Waals surface area contributed by atoms with E-state index in [0.29, 0.717) is 0 Å². The fourth-order valence-electron chi connectivity index (χ4n) is 3.34. The van der Waals surface area contributed by atoms with Crippen LogP contribution in [0, 0.1) is 0 Å². The van der Waals surface area contributed by atoms with Crippen LogP contribution in [0.15, 0.2) is 67.0 Å². The molecule has 5 nitrogen and oxygen atoms in total. The Kier molecular flexibility index (Phi) is 5.77. The lowest BCUT2D eigenvalue weighted by atomic mass is 10.1. The molecule has 0 bridgehead atoms. The molecule has 3 heterocycles. The van der Waals surface area contributed by atoms with E-state index in [1.807, 2.05) is 36.4 Å². The fourth-order valence-corrected chi connectivity index (χ4v) is 4.25. The van der Waals surface area contributed by atoms with Crippen LogP contribution in [0.4, 0.5) is 5.95 Å². The first-order valence-corrected chi connectivity index (χ1v) is 10.3. The monoisotopic (exact) mass is 390 g/mol. The van der Waals surface area contributed by atoms with E-state index >= 15 is 0 Å². The van der Waals surface area contributed by atoms with Crippen LogP contribution in [0.25, 0.3) is 16.5 Å². The molecule has 1 aliphatic heterocycles. The van der Waals surface area contributed by atoms with Gasteiger partial charge in [0.1, 0.15) is 0 Å². The van der Waals surface area contributed by atoms with Gasteiger partial charge in [-0.3, -0.25) is 4.79 Å². The third kappa shape index (κ3) is 4.64. The van der Waals surface area contributed by atoms with Crippen LogP contribution in [0.1, 0.15) is 17.7 Å². The molecule has 1 amide bonds. The third-order valence-corrected chi connectivity index (χ3v) is 5.79. The first kappa shape index (κ1) is 18.4. The molecule has 1 fully saturated rings. The van der Waals surface area contributed by atoms with Crippen molar-refractivity contribution in [3.05, 3.63) is 71.9 Å². The lowest BCUT2D eigenvalue weighted by molar-refractivity contribution is -0.117. The molecular formula is C22H22N4OS. The first-order chi connectivity index (χ1) is 13.8. The maximum atomic E-state index is 12.4. The first-order valence-electron chi connectivity index (χ1n) is 9.44. The lowest BCUT2D eigenvalue weighted by Gasteiger charge is -2.32. The van der Waals surface area contributed by atoms with E-state index in [9.17, 15) is 4.79 Å². The standard InChI is InChI=1S/C22H22N4OS/c27-21(12-10-19-9-11-20(28-19)17-6-2-1-3-7-17)25-18-8-4-15-26(16-18)22-23-13-5-14-24-22/h1-3,5-7,9-14,18H,4,8,15-16H2,(H,25,27). The number of rotatable bonds is 5. The Labute approximate surface area is 168 Å². The normalized spacial score (nSPS) is 17.0. The molecule has 2 aromatic heterocycles. The van der Waals surface area contributed by atoms with E-state index in [-0.39, 0.29) is 11.9 Å². The highest BCUT2D eigenvalue weighted by Crippen LogP contribution is 2.28. The Morgan fingerprint density at radius 1 is 1.11 bits per heavy atom. The summed E-state index contributed by atoms with van der Waals surface area (Å²) >= 11 is 1.68. The van der Waals surface area contributed by atoms with Crippen molar-refractivity contribution in [3.63, 3.8) is 0 Å². The quantitative estimate of drug-likeness (QED) is 0.669. The average Bonchev–Trinajstić information content (AvgIpc) is 3.23. The van der Waals surface area contributed by atoms with Gasteiger partial charge >= 0.3 is 0 Å². The zero-order valence-electron chi connectivity index (χ0n) is 15.5. The van der Waals surface area contributed by atoms with Gasteiger partial charge in [0.25, 0.3) is 0 Å². The van der Waals surface area contributed by atoms with Gasteiger partial charge in [0, 0.05) is 47.4 Å². The number of hydrogen-bond acceptors (Lipinski definition) is 5. The maximum absolute atomic E-state index is 12.4. The van der Waals surface area contributed by atoms with Gasteiger partial charge in [-0.1, -0.05) is 30.3 Å². The minimum absolute atomic E-state index is 0.0597. The Balaban J connectivity index is 1.33. The molecule has 1 unspecified atom stereocenters. The highest BCUT2D eigenvalue weighted by atomic mass is 32.1. The summed E-state index contributed by atoms with van der Waals surface area (Å²) in [7, 11) is 0. The molecule has 1 aromatic carbocycles. The molecule has 3 aromatic rings. The average molecular weight is 391 g/mol. The van der Waals surface area contributed by atoms with Gasteiger partial charge in [-0.2, -0.15) is 0 Å². The third-order valence-electron chi connectivity index (χ3n) is 4.69. The molecule has 0 spiro atoms. The molecule has 4 rings (SSSR count). The lowest BCUT2D eigenvalue weighted by Crippen LogP contribution is -2.47. The van der Waals surface area contributed by atoms with Crippen LogP contribution in [0.5, 0.6) is 0 Å². The Bertz CT molecular complexity index is 939. The highest BCUT2D eigenvalue weighted by molar-refractivity contribution is 7.16. The summed E-state index contributed by atoms with van der Waals surface area (Å²) in [5, 5.41) is 3.11. The molecule has 0 saturated carbocycles. The number of piperidine rings is 1. The number of thiophene rings is 1. The van der Waals surface area contributed by atoms with Crippen molar-refractivity contribution in [2.75, 3.05) is 18.0 Å². The molecule has 28 heavy (non-hydrogen) atoms. The maximum Gasteiger partial charge on any atom is 0.244 e. The van der Waals surface area contributed by atoms with E-state index in [2.05, 4.69) is 38.4 Å². The van der Waals surface area contributed by atoms with Crippen LogP contribution >= 0.6 is 11.3 Å². The van der Waals surface area contributed by atoms with Crippen LogP contribution in [0.2, 0.25) is 0 Å². The molecule has 1 atom stereocenters. The molecule has 6 heteroatoms. The molecule has 1 aliphatic rings. The van der Waals surface area contributed by atoms with Crippen molar-refractivity contribution < 1.29 is 4.79 Å². The second kappa shape index (κ2) is 8.80. The number of carbonyl (C=O) groups is 1. The summed E-state index contributed by atoms with van der Waals surface area (Å²) in [6.45, 7) is 1.66. The number of carbonyl (C=O) groups excluding carboxylic acids is 1. The second-order valence-electron chi connectivity index (χ2n) is 6.74. The van der Waals surface area contributed by atoms with E-state index < -0.39 is 0 Å². The SMILES string of the molecule is O=C(C=Cc1ccc(-c2ccccc2)s1)NC1CCCN(c2ncccn2)C1. The summed E-state index contributed by atoms with van der Waals surface area (Å²) in [5.74, 6) is 0.666. The zero-order chi connectivity index (χ0) is 19.2. The van der Waals surface area contributed by atoms with E-state index in [1.165, 1.54) is 10.4 Å². The minimum Gasteiger partial charge on any atom is -0.348 e. The highest BCUT2D eigenvalue weighted by Gasteiger charge is 2.22. The van der Waals surface area contributed by atoms with Crippen molar-refractivity contribution in [2.24, 2.45) is 0 Å². The van der Waals surface area contributed by atoms with Crippen LogP contribution in [-0.4, -0.2) is 35.0 Å². The van der Waals surface area contributed by atoms with Gasteiger partial charge in [0.2, 0.25) is 11.9 Å². The van der Waals surface area contributed by atoms with Gasteiger partial charge in [0.15, 0.2) is 0 Å². The van der Waals surface area contributed by atoms with Crippen molar-refractivity contribution in [3.8, 4) is 10.4 Å². The van der Waals surface area contributed by atoms with Gasteiger partial charge in [-0.25, -0.2) is 9.97 Å². The summed E-state index contributed by atoms with van der Waals surface area (Å²) in [4.78, 5) is 25.4. The molecule has 0 aliphatic carbocycles. The van der Waals surface area contributed by atoms with Crippen molar-refractivity contribution >= 4 is 29.3 Å². The second-order valence-corrected chi connectivity index (χ2v) is 7.86. The Morgan fingerprint density at radius 3 is 2.75 bits per heavy atom. The van der Waals surface area contributed by atoms with Gasteiger partial charge < -0.3 is 10.2 Å². The van der Waals surface area contributed by atoms with Gasteiger partial charge in [-0.05, 0) is 42.7 Å². The minimum atomic E-state index is -0.0597. The van der Waals surface area contributed by atoms with Gasteiger partial charge in [-0.15, -0.1) is 11.3 Å². The molecule has 0 radical (unpaired) electrons. The number of nitrogens with one attached hydrogen (secondary N) is 1. The predicted octanol–water partition coefficient (Wildman–Crippen LogP) is 4.00. The molecule has 142 valence electrons. The van der Waals surface area contributed by atoms with Crippen LogP contribution in [-0.2, 0) is 4.79 Å². The topological polar surface area (TPSA) is 58.1 Å². The van der Waals surface area contributed by atoms with Crippen molar-refractivity contribution in [2.45, 2.75) is 18.9 Å². The number of hydrogen-bond donors (Lipinski definition) is 1. The van der Waals surface area contributed by atoms with Gasteiger partial charge in [0.05, 0.1) is 0 Å². The molecule has 1 N–H and O–H groups in total. The molecular weight excluding hydrogens is 368 g/mol. The van der Waals surface area contributed by atoms with E-state index in [0.717, 1.165) is 36.8 Å². The Morgan fingerprint density at radius 2 is 1.93 bits per heavy atom. The number of anilines is 1. The van der Waals surface area contributed by atoms with Crippen LogP contribution in [0.3, 0.4) is 0 Å². The number of aromatic nitrogens is 2. The van der Waals surface area contributed by atoms with E-state index in [1.54, 1.807) is 29.8 Å². The number of amides is 1. The van der Waals surface area contributed by atoms with Crippen molar-refractivity contribution in [1.82, 2.24) is 15.3 Å². The van der Waals surface area contributed by atoms with Crippen molar-refractivity contribution in [1.29, 1.82) is 0 Å². The largest absolute Gasteiger partial charge is 0.348 e. The molecule has 1 saturated heterocycles. The van der Waals surface area contributed by atoms with Crippen LogP contribution < -0.4 is 10.2 Å².